The molecule has 0 rings (SSSR count). The van der Waals surface area contributed by atoms with E-state index in [0.29, 0.717) is 0 Å². The molecule has 0 radical (unpaired) electrons. The Morgan fingerprint density at radius 1 is 0.308 bits per heavy atom. The van der Waals surface area contributed by atoms with Crippen LogP contribution in [0.25, 0.3) is 0 Å². The molecular formula is C6H36Cr3N18O12. The van der Waals surface area contributed by atoms with Crippen molar-refractivity contribution in [3.63, 3.8) is 0 Å². The molecule has 240 valence electrons. The fourth-order valence-corrected chi connectivity index (χ4v) is 0. The van der Waals surface area contributed by atoms with E-state index in [1.54, 1.807) is 0 Å². The van der Waals surface area contributed by atoms with Crippen LogP contribution in [0.5, 0.6) is 0 Å². The summed E-state index contributed by atoms with van der Waals surface area (Å²) in [5, 5.41) is 27.5. The third kappa shape index (κ3) is 1910. The van der Waals surface area contributed by atoms with Gasteiger partial charge in [0, 0.05) is 0 Å². The Hall–Kier alpha value is -4.22. The number of rotatable bonds is 0. The van der Waals surface area contributed by atoms with Crippen molar-refractivity contribution >= 4 is 35.8 Å². The van der Waals surface area contributed by atoms with Gasteiger partial charge in [0.1, 0.15) is 0 Å². The van der Waals surface area contributed by atoms with Gasteiger partial charge in [0.25, 0.3) is 0 Å². The Balaban J connectivity index is -0.0000000372. The van der Waals surface area contributed by atoms with E-state index in [2.05, 4.69) is 101 Å². The molecule has 0 spiro atoms. The standard InChI is InChI=1S/6CH5N3.3Cr.12O/c6*2-1(3)4;;;;;;;;;;;;;;;/h6*(H5,2,3,4);;;;;;;;;;;;;;;/q;;;;;;;;;;;;;;;6*-1/p+6. The first kappa shape index (κ1) is 59.7. The molecule has 30 nitrogen and oxygen atoms in total. The summed E-state index contributed by atoms with van der Waals surface area (Å²) in [6.45, 7) is 0. The van der Waals surface area contributed by atoms with Gasteiger partial charge in [-0.15, -0.1) is 0 Å². The molecule has 0 saturated carbocycles. The minimum absolute atomic E-state index is 0.0833. The van der Waals surface area contributed by atoms with E-state index in [1.165, 1.54) is 0 Å². The van der Waals surface area contributed by atoms with Gasteiger partial charge in [-0.2, -0.15) is 0 Å². The van der Waals surface area contributed by atoms with Crippen LogP contribution in [0.4, 0.5) is 0 Å². The van der Waals surface area contributed by atoms with Crippen molar-refractivity contribution in [2.24, 2.45) is 68.8 Å². The predicted octanol–water partition coefficient (Wildman–Crippen LogP) is -25.7. The monoisotopic (exact) mass is 708 g/mol. The summed E-state index contributed by atoms with van der Waals surface area (Å²) >= 11 is -17.2. The van der Waals surface area contributed by atoms with Gasteiger partial charge in [-0.3, -0.25) is 101 Å². The Bertz CT molecular complexity index is 780. The molecule has 0 aromatic heterocycles. The van der Waals surface area contributed by atoms with Crippen LogP contribution in [-0.2, 0) is 63.7 Å². The van der Waals surface area contributed by atoms with Crippen LogP contribution in [0.1, 0.15) is 0 Å². The second kappa shape index (κ2) is 35.9. The molecule has 0 fully saturated rings. The van der Waals surface area contributed by atoms with E-state index in [9.17, 15) is 0 Å². The summed E-state index contributed by atoms with van der Waals surface area (Å²) in [6, 6.07) is 0. The van der Waals surface area contributed by atoms with E-state index in [-0.39, 0.29) is 35.8 Å². The molecule has 0 saturated heterocycles. The zero-order chi connectivity index (χ0) is 35.0. The minimum atomic E-state index is -5.75. The van der Waals surface area contributed by atoms with Gasteiger partial charge in [-0.25, -0.2) is 0 Å². The van der Waals surface area contributed by atoms with Crippen molar-refractivity contribution in [1.82, 2.24) is 0 Å². The Labute approximate surface area is 225 Å². The molecule has 0 heterocycles. The first-order valence-corrected chi connectivity index (χ1v) is 13.4. The third-order valence-corrected chi connectivity index (χ3v) is 0. The SMILES string of the molecule is NC(N)=[NH2+].NC(N)=[NH2+].NC(N)=[NH2+].NC(N)=[NH2+].NC(N)=[NH2+].NC(N)=[NH2+].[O]=[Cr](=[O])([O-])[O-].[O]=[Cr](=[O])([O-])[O-].[O]=[Cr](=[O])([O-])[O-]. The van der Waals surface area contributed by atoms with Crippen LogP contribution in [0.3, 0.4) is 0 Å². The van der Waals surface area contributed by atoms with Gasteiger partial charge in [-0.05, 0) is 0 Å². The summed E-state index contributed by atoms with van der Waals surface area (Å²) in [6.07, 6.45) is 0. The van der Waals surface area contributed by atoms with Gasteiger partial charge >= 0.3 is 124 Å². The number of guanidine groups is 6. The van der Waals surface area contributed by atoms with Gasteiger partial charge in [0.2, 0.25) is 0 Å². The molecule has 0 aliphatic rings. The molecule has 36 N–H and O–H groups in total. The zero-order valence-corrected chi connectivity index (χ0v) is 23.3. The van der Waals surface area contributed by atoms with E-state index >= 15 is 0 Å². The second-order valence-corrected chi connectivity index (χ2v) is 8.05. The average molecular weight is 708 g/mol. The van der Waals surface area contributed by atoms with Crippen molar-refractivity contribution in [2.45, 2.75) is 0 Å². The normalized spacial score (nSPS) is 8.15. The summed E-state index contributed by atoms with van der Waals surface area (Å²) in [5.74, 6) is -0.500. The first-order valence-electron chi connectivity index (χ1n) is 7.20. The first-order chi connectivity index (χ1) is 16.4. The van der Waals surface area contributed by atoms with Gasteiger partial charge in [0.15, 0.2) is 0 Å². The molecule has 0 atom stereocenters. The van der Waals surface area contributed by atoms with Crippen LogP contribution in [-0.4, -0.2) is 35.8 Å². The third-order valence-electron chi connectivity index (χ3n) is 0. The van der Waals surface area contributed by atoms with Gasteiger partial charge < -0.3 is 0 Å². The van der Waals surface area contributed by atoms with Crippen molar-refractivity contribution in [3.05, 3.63) is 0 Å². The van der Waals surface area contributed by atoms with Crippen molar-refractivity contribution < 1.29 is 121 Å². The molecule has 0 bridgehead atoms. The fourth-order valence-electron chi connectivity index (χ4n) is 0. The van der Waals surface area contributed by atoms with Crippen LogP contribution in [0.15, 0.2) is 0 Å². The van der Waals surface area contributed by atoms with Gasteiger partial charge in [0.05, 0.1) is 0 Å². The molecule has 0 aromatic carbocycles. The van der Waals surface area contributed by atoms with Crippen LogP contribution < -0.4 is 126 Å². The summed E-state index contributed by atoms with van der Waals surface area (Å²) in [7, 11) is 0. The topological polar surface area (TPSA) is 707 Å². The summed E-state index contributed by atoms with van der Waals surface area (Å²) < 4.78 is 103. The summed E-state index contributed by atoms with van der Waals surface area (Å²) in [4.78, 5) is 0. The molecule has 0 aliphatic heterocycles. The van der Waals surface area contributed by atoms with E-state index < -0.39 is 40.8 Å². The van der Waals surface area contributed by atoms with Crippen LogP contribution >= 0.6 is 0 Å². The second-order valence-electron chi connectivity index (χ2n) is 4.22. The fraction of sp³-hybridized carbons (Fsp3) is 0. The molecule has 39 heavy (non-hydrogen) atoms. The molecular weight excluding hydrogens is 672 g/mol. The number of hydrogen-bond acceptors (Lipinski definition) is 12. The van der Waals surface area contributed by atoms with Crippen molar-refractivity contribution in [2.75, 3.05) is 0 Å². The van der Waals surface area contributed by atoms with E-state index in [4.69, 9.17) is 47.8 Å². The Morgan fingerprint density at radius 2 is 0.308 bits per heavy atom. The van der Waals surface area contributed by atoms with Crippen LogP contribution in [0, 0.1) is 0 Å². The summed E-state index contributed by atoms with van der Waals surface area (Å²) in [5.41, 5.74) is 55.0. The molecule has 0 unspecified atom stereocenters. The Kier molecular flexibility index (Phi) is 55.0. The zero-order valence-electron chi connectivity index (χ0n) is 19.5. The maximum atomic E-state index is 8.59. The Morgan fingerprint density at radius 3 is 0.308 bits per heavy atom. The maximum absolute atomic E-state index is 8.59. The van der Waals surface area contributed by atoms with Crippen molar-refractivity contribution in [1.29, 1.82) is 0 Å². The molecule has 33 heteroatoms. The van der Waals surface area contributed by atoms with E-state index in [1.807, 2.05) is 0 Å². The molecule has 0 aliphatic carbocycles. The molecule has 0 aromatic rings. The number of nitrogens with two attached hydrogens (primary N) is 18. The van der Waals surface area contributed by atoms with Crippen LogP contribution in [0.2, 0.25) is 0 Å². The van der Waals surface area contributed by atoms with E-state index in [0.717, 1.165) is 0 Å². The molecule has 0 amide bonds. The quantitative estimate of drug-likeness (QED) is 0.0820. The average Bonchev–Trinajstić information content (AvgIpc) is 2.35. The predicted molar refractivity (Wildman–Crippen MR) is 96.0 cm³/mol. The van der Waals surface area contributed by atoms with Gasteiger partial charge in [-0.1, -0.05) is 0 Å². The van der Waals surface area contributed by atoms with Crippen molar-refractivity contribution in [3.8, 4) is 0 Å². The number of hydrogen-bond donors (Lipinski definition) is 18.